The van der Waals surface area contributed by atoms with Crippen LogP contribution in [0.2, 0.25) is 0 Å². The van der Waals surface area contributed by atoms with Gasteiger partial charge in [-0.1, -0.05) is 35.9 Å². The van der Waals surface area contributed by atoms with Gasteiger partial charge in [-0.2, -0.15) is 0 Å². The lowest BCUT2D eigenvalue weighted by Gasteiger charge is -2.18. The average molecular weight is 337 g/mol. The predicted molar refractivity (Wildman–Crippen MR) is 96.1 cm³/mol. The van der Waals surface area contributed by atoms with Gasteiger partial charge in [0.2, 0.25) is 0 Å². The van der Waals surface area contributed by atoms with E-state index in [1.54, 1.807) is 31.4 Å². The Kier molecular flexibility index (Phi) is 4.57. The second-order valence-electron chi connectivity index (χ2n) is 5.93. The molecule has 0 fully saturated rings. The number of methoxy groups -OCH3 is 1. The molecule has 1 heterocycles. The van der Waals surface area contributed by atoms with Gasteiger partial charge in [0.1, 0.15) is 16.9 Å². The van der Waals surface area contributed by atoms with Crippen LogP contribution in [0.5, 0.6) is 5.75 Å². The highest BCUT2D eigenvalue weighted by Crippen LogP contribution is 2.26. The Bertz CT molecular complexity index is 990. The average Bonchev–Trinajstić information content (AvgIpc) is 2.60. The van der Waals surface area contributed by atoms with Gasteiger partial charge in [-0.25, -0.2) is 4.79 Å². The molecule has 0 radical (unpaired) electrons. The molecular formula is C20H19NO4. The van der Waals surface area contributed by atoms with Gasteiger partial charge in [-0.3, -0.25) is 4.79 Å². The molecule has 5 heteroatoms. The van der Waals surface area contributed by atoms with Gasteiger partial charge in [0.05, 0.1) is 13.2 Å². The number of para-hydroxylation sites is 1. The maximum atomic E-state index is 12.6. The summed E-state index contributed by atoms with van der Waals surface area (Å²) in [6.07, 6.45) is 0. The summed E-state index contributed by atoms with van der Waals surface area (Å²) in [6, 6.07) is 14.1. The molecule has 3 rings (SSSR count). The monoisotopic (exact) mass is 337 g/mol. The number of fused-ring (bicyclic) bond motifs is 1. The summed E-state index contributed by atoms with van der Waals surface area (Å²) in [6.45, 7) is 3.81. The van der Waals surface area contributed by atoms with Crippen LogP contribution in [0.25, 0.3) is 11.0 Å². The molecule has 0 aliphatic carbocycles. The van der Waals surface area contributed by atoms with Crippen LogP contribution in [0.1, 0.15) is 34.5 Å². The van der Waals surface area contributed by atoms with Gasteiger partial charge in [-0.05, 0) is 32.0 Å². The lowest BCUT2D eigenvalue weighted by molar-refractivity contribution is 0.0936. The molecule has 128 valence electrons. The topological polar surface area (TPSA) is 68.5 Å². The Morgan fingerprint density at radius 1 is 1.16 bits per heavy atom. The van der Waals surface area contributed by atoms with E-state index in [0.29, 0.717) is 16.7 Å². The largest absolute Gasteiger partial charge is 0.496 e. The SMILES string of the molecule is COc1ccc(C)cc1[C@H](C)NC(=O)c1cc2ccccc2oc1=O. The zero-order chi connectivity index (χ0) is 18.0. The lowest BCUT2D eigenvalue weighted by atomic mass is 10.0. The van der Waals surface area contributed by atoms with Crippen LogP contribution in [0.4, 0.5) is 0 Å². The Morgan fingerprint density at radius 3 is 2.68 bits per heavy atom. The van der Waals surface area contributed by atoms with E-state index in [1.807, 2.05) is 38.1 Å². The number of ether oxygens (including phenoxy) is 1. The van der Waals surface area contributed by atoms with Crippen molar-refractivity contribution in [1.82, 2.24) is 5.32 Å². The third kappa shape index (κ3) is 3.40. The molecule has 0 saturated heterocycles. The molecule has 1 N–H and O–H groups in total. The Hall–Kier alpha value is -3.08. The molecule has 1 aromatic heterocycles. The zero-order valence-electron chi connectivity index (χ0n) is 14.3. The van der Waals surface area contributed by atoms with E-state index in [9.17, 15) is 9.59 Å². The first kappa shape index (κ1) is 16.8. The van der Waals surface area contributed by atoms with Crippen molar-refractivity contribution in [1.29, 1.82) is 0 Å². The van der Waals surface area contributed by atoms with Crippen molar-refractivity contribution in [3.05, 3.63) is 75.6 Å². The summed E-state index contributed by atoms with van der Waals surface area (Å²) < 4.78 is 10.6. The number of hydrogen-bond acceptors (Lipinski definition) is 4. The molecule has 0 aliphatic heterocycles. The third-order valence-corrected chi connectivity index (χ3v) is 4.09. The minimum atomic E-state index is -0.653. The van der Waals surface area contributed by atoms with E-state index in [0.717, 1.165) is 11.1 Å². The first-order valence-corrected chi connectivity index (χ1v) is 7.98. The molecular weight excluding hydrogens is 318 g/mol. The third-order valence-electron chi connectivity index (χ3n) is 4.09. The highest BCUT2D eigenvalue weighted by atomic mass is 16.5. The Morgan fingerprint density at radius 2 is 1.92 bits per heavy atom. The van der Waals surface area contributed by atoms with Gasteiger partial charge < -0.3 is 14.5 Å². The number of benzene rings is 2. The van der Waals surface area contributed by atoms with Gasteiger partial charge in [0.15, 0.2) is 0 Å². The van der Waals surface area contributed by atoms with Gasteiger partial charge in [-0.15, -0.1) is 0 Å². The molecule has 0 saturated carbocycles. The maximum absolute atomic E-state index is 12.6. The van der Waals surface area contributed by atoms with Crippen LogP contribution >= 0.6 is 0 Å². The molecule has 1 atom stereocenters. The van der Waals surface area contributed by atoms with E-state index in [-0.39, 0.29) is 11.6 Å². The van der Waals surface area contributed by atoms with Crippen LogP contribution in [-0.2, 0) is 0 Å². The molecule has 0 unspecified atom stereocenters. The van der Waals surface area contributed by atoms with Crippen molar-refractivity contribution >= 4 is 16.9 Å². The van der Waals surface area contributed by atoms with E-state index in [4.69, 9.17) is 9.15 Å². The highest BCUT2D eigenvalue weighted by molar-refractivity contribution is 5.96. The van der Waals surface area contributed by atoms with Crippen LogP contribution in [0.15, 0.2) is 57.7 Å². The number of rotatable bonds is 4. The summed E-state index contributed by atoms with van der Waals surface area (Å²) >= 11 is 0. The number of carbonyl (C=O) groups excluding carboxylic acids is 1. The van der Waals surface area contributed by atoms with Crippen molar-refractivity contribution in [2.75, 3.05) is 7.11 Å². The van der Waals surface area contributed by atoms with Gasteiger partial charge >= 0.3 is 5.63 Å². The normalized spacial score (nSPS) is 12.0. The van der Waals surface area contributed by atoms with Crippen LogP contribution in [0, 0.1) is 6.92 Å². The molecule has 3 aromatic rings. The summed E-state index contributed by atoms with van der Waals surface area (Å²) in [5.74, 6) is 0.208. The fourth-order valence-corrected chi connectivity index (χ4v) is 2.76. The van der Waals surface area contributed by atoms with E-state index in [2.05, 4.69) is 5.32 Å². The smallest absolute Gasteiger partial charge is 0.349 e. The first-order valence-electron chi connectivity index (χ1n) is 7.98. The second kappa shape index (κ2) is 6.81. The number of aryl methyl sites for hydroxylation is 1. The van der Waals surface area contributed by atoms with Crippen molar-refractivity contribution in [3.8, 4) is 5.75 Å². The van der Waals surface area contributed by atoms with Crippen molar-refractivity contribution < 1.29 is 13.9 Å². The minimum Gasteiger partial charge on any atom is -0.496 e. The van der Waals surface area contributed by atoms with Crippen LogP contribution in [-0.4, -0.2) is 13.0 Å². The highest BCUT2D eigenvalue weighted by Gasteiger charge is 2.18. The first-order chi connectivity index (χ1) is 12.0. The van der Waals surface area contributed by atoms with Crippen molar-refractivity contribution in [2.24, 2.45) is 0 Å². The summed E-state index contributed by atoms with van der Waals surface area (Å²) in [5, 5.41) is 3.54. The zero-order valence-corrected chi connectivity index (χ0v) is 14.3. The molecule has 0 aliphatic rings. The summed E-state index contributed by atoms with van der Waals surface area (Å²) in [4.78, 5) is 24.7. The fraction of sp³-hybridized carbons (Fsp3) is 0.200. The summed E-state index contributed by atoms with van der Waals surface area (Å²) in [7, 11) is 1.58. The second-order valence-corrected chi connectivity index (χ2v) is 5.93. The van der Waals surface area contributed by atoms with Crippen molar-refractivity contribution in [3.63, 3.8) is 0 Å². The number of amides is 1. The molecule has 0 spiro atoms. The maximum Gasteiger partial charge on any atom is 0.349 e. The predicted octanol–water partition coefficient (Wildman–Crippen LogP) is 3.60. The Labute approximate surface area is 145 Å². The minimum absolute atomic E-state index is 0.0165. The molecule has 2 aromatic carbocycles. The van der Waals surface area contributed by atoms with Crippen LogP contribution < -0.4 is 15.7 Å². The molecule has 5 nitrogen and oxygen atoms in total. The lowest BCUT2D eigenvalue weighted by Crippen LogP contribution is -2.30. The molecule has 1 amide bonds. The van der Waals surface area contributed by atoms with Gasteiger partial charge in [0.25, 0.3) is 5.91 Å². The van der Waals surface area contributed by atoms with Crippen LogP contribution in [0.3, 0.4) is 0 Å². The molecule has 25 heavy (non-hydrogen) atoms. The quantitative estimate of drug-likeness (QED) is 0.739. The summed E-state index contributed by atoms with van der Waals surface area (Å²) in [5.41, 5.74) is 1.69. The van der Waals surface area contributed by atoms with Gasteiger partial charge in [0, 0.05) is 10.9 Å². The molecule has 0 bridgehead atoms. The Balaban J connectivity index is 1.91. The van der Waals surface area contributed by atoms with Crippen molar-refractivity contribution in [2.45, 2.75) is 19.9 Å². The van der Waals surface area contributed by atoms with E-state index in [1.165, 1.54) is 0 Å². The van der Waals surface area contributed by atoms with E-state index < -0.39 is 11.5 Å². The number of hydrogen-bond donors (Lipinski definition) is 1. The van der Waals surface area contributed by atoms with E-state index >= 15 is 0 Å². The number of carbonyl (C=O) groups is 1. The fourth-order valence-electron chi connectivity index (χ4n) is 2.76. The number of nitrogens with one attached hydrogen (secondary N) is 1. The standard InChI is InChI=1S/C20H19NO4/c1-12-8-9-18(24-3)15(10-12)13(2)21-19(22)16-11-14-6-4-5-7-17(14)25-20(16)23/h4-11,13H,1-3H3,(H,21,22)/t13-/m0/s1.